The number of nitrogens with two attached hydrogens (primary N) is 1. The van der Waals surface area contributed by atoms with Gasteiger partial charge in [0.1, 0.15) is 0 Å². The van der Waals surface area contributed by atoms with E-state index in [4.69, 9.17) is 9.94 Å². The van der Waals surface area contributed by atoms with Gasteiger partial charge in [-0.05, 0) is 80.8 Å². The summed E-state index contributed by atoms with van der Waals surface area (Å²) in [6.45, 7) is 9.63. The quantitative estimate of drug-likeness (QED) is 0.327. The van der Waals surface area contributed by atoms with Crippen molar-refractivity contribution in [2.24, 2.45) is 34.3 Å². The Bertz CT molecular complexity index is 939. The Hall–Kier alpha value is -2.48. The van der Waals surface area contributed by atoms with Crippen LogP contribution in [0.4, 0.5) is 4.79 Å². The maximum Gasteiger partial charge on any atom is 0.335 e. The first-order valence-electron chi connectivity index (χ1n) is 11.7. The fraction of sp³-hybridized carbons (Fsp3) is 0.680. The minimum Gasteiger partial charge on any atom is -0.451 e. The third-order valence-corrected chi connectivity index (χ3v) is 8.95. The number of fused-ring (bicyclic) bond motifs is 5. The van der Waals surface area contributed by atoms with Gasteiger partial charge in [-0.1, -0.05) is 25.5 Å². The second-order valence-corrected chi connectivity index (χ2v) is 10.5. The molecule has 8 heteroatoms. The average molecular weight is 461 g/mol. The molecule has 0 aliphatic heterocycles. The van der Waals surface area contributed by atoms with E-state index in [1.807, 2.05) is 6.08 Å². The maximum absolute atomic E-state index is 12.8. The summed E-state index contributed by atoms with van der Waals surface area (Å²) < 4.78 is 5.82. The summed E-state index contributed by atoms with van der Waals surface area (Å²) in [7, 11) is 0. The molecule has 0 spiro atoms. The van der Waals surface area contributed by atoms with E-state index in [0.717, 1.165) is 25.7 Å². The molecular weight excluding hydrogens is 424 g/mol. The summed E-state index contributed by atoms with van der Waals surface area (Å²) >= 11 is 0. The van der Waals surface area contributed by atoms with Crippen LogP contribution < -0.4 is 11.2 Å². The minimum absolute atomic E-state index is 0.0160. The average Bonchev–Trinajstić information content (AvgIpc) is 3.03. The number of ether oxygens (including phenoxy) is 1. The monoisotopic (exact) mass is 460 g/mol. The molecule has 4 aliphatic carbocycles. The Kier molecular flexibility index (Phi) is 6.63. The summed E-state index contributed by atoms with van der Waals surface area (Å²) in [6.07, 6.45) is 9.20. The number of Topliss-reactive ketones (excluding diaryl/α,β-unsaturated/α-hetero) is 1. The lowest BCUT2D eigenvalue weighted by atomic mass is 9.47. The number of hydrogen-bond acceptors (Lipinski definition) is 6. The molecule has 0 saturated heterocycles. The van der Waals surface area contributed by atoms with Gasteiger partial charge in [0.15, 0.2) is 17.2 Å². The van der Waals surface area contributed by atoms with Gasteiger partial charge >= 0.3 is 12.0 Å². The third kappa shape index (κ3) is 3.92. The molecule has 2 amide bonds. The highest BCUT2D eigenvalue weighted by Crippen LogP contribution is 2.67. The summed E-state index contributed by atoms with van der Waals surface area (Å²) in [5.74, 6) is 1.03. The lowest BCUT2D eigenvalue weighted by molar-refractivity contribution is -0.185. The van der Waals surface area contributed by atoms with Gasteiger partial charge in [0.2, 0.25) is 0 Å². The zero-order valence-electron chi connectivity index (χ0n) is 20.2. The van der Waals surface area contributed by atoms with Crippen LogP contribution in [0.15, 0.2) is 23.3 Å². The zero-order chi connectivity index (χ0) is 24.8. The van der Waals surface area contributed by atoms with Gasteiger partial charge < -0.3 is 10.5 Å². The highest BCUT2D eigenvalue weighted by Gasteiger charge is 2.67. The SMILES string of the molecule is CC(=O)OC1(C(C)=O)CCC2C3C=C(C)C4=CC(=O)CCC4(C)C3CCC21C.NC(=O)NO. The molecule has 2 saturated carbocycles. The molecule has 0 bridgehead atoms. The van der Waals surface area contributed by atoms with E-state index in [0.29, 0.717) is 30.6 Å². The second-order valence-electron chi connectivity index (χ2n) is 10.5. The molecule has 6 unspecified atom stereocenters. The van der Waals surface area contributed by atoms with Crippen molar-refractivity contribution in [3.8, 4) is 0 Å². The highest BCUT2D eigenvalue weighted by atomic mass is 16.6. The Morgan fingerprint density at radius 1 is 1.12 bits per heavy atom. The van der Waals surface area contributed by atoms with E-state index in [2.05, 4.69) is 32.6 Å². The number of ketones is 2. The lowest BCUT2D eigenvalue weighted by Crippen LogP contribution is -2.58. The van der Waals surface area contributed by atoms with Crippen molar-refractivity contribution in [2.45, 2.75) is 78.7 Å². The van der Waals surface area contributed by atoms with E-state index in [-0.39, 0.29) is 28.4 Å². The van der Waals surface area contributed by atoms with Crippen molar-refractivity contribution < 1.29 is 29.1 Å². The molecule has 4 rings (SSSR count). The molecule has 2 fully saturated rings. The molecule has 4 aliphatic rings. The van der Waals surface area contributed by atoms with Crippen LogP contribution in [-0.4, -0.2) is 34.4 Å². The van der Waals surface area contributed by atoms with Crippen LogP contribution in [0.25, 0.3) is 0 Å². The van der Waals surface area contributed by atoms with Crippen molar-refractivity contribution in [1.29, 1.82) is 0 Å². The van der Waals surface area contributed by atoms with Gasteiger partial charge in [-0.2, -0.15) is 0 Å². The molecule has 0 radical (unpaired) electrons. The van der Waals surface area contributed by atoms with E-state index < -0.39 is 11.6 Å². The standard InChI is InChI=1S/C24H32O4.CH4N2O2/c1-14-12-18-19(22(4)9-6-17(27)13-21(14)22)7-10-23(5)20(18)8-11-24(23,15(2)25)28-16(3)26;2-1(4)3-5/h12-13,18-20H,6-11H2,1-5H3;5H,(H3,2,3,4). The van der Waals surface area contributed by atoms with Gasteiger partial charge in [0.25, 0.3) is 0 Å². The van der Waals surface area contributed by atoms with Crippen LogP contribution in [0.5, 0.6) is 0 Å². The first-order valence-corrected chi connectivity index (χ1v) is 11.7. The van der Waals surface area contributed by atoms with E-state index in [9.17, 15) is 19.2 Å². The maximum atomic E-state index is 12.8. The van der Waals surface area contributed by atoms with Crippen molar-refractivity contribution in [3.05, 3.63) is 23.3 Å². The molecule has 182 valence electrons. The first-order chi connectivity index (χ1) is 15.3. The predicted octanol–water partition coefficient (Wildman–Crippen LogP) is 3.62. The van der Waals surface area contributed by atoms with Gasteiger partial charge in [0, 0.05) is 18.8 Å². The van der Waals surface area contributed by atoms with Gasteiger partial charge in [-0.3, -0.25) is 19.6 Å². The topological polar surface area (TPSA) is 136 Å². The van der Waals surface area contributed by atoms with Crippen LogP contribution in [0.2, 0.25) is 0 Å². The highest BCUT2D eigenvalue weighted by molar-refractivity contribution is 5.92. The molecule has 33 heavy (non-hydrogen) atoms. The van der Waals surface area contributed by atoms with Crippen LogP contribution in [0.1, 0.15) is 73.1 Å². The van der Waals surface area contributed by atoms with Crippen LogP contribution in [0, 0.1) is 28.6 Å². The number of nitrogens with one attached hydrogen (secondary N) is 1. The number of primary amides is 1. The van der Waals surface area contributed by atoms with E-state index in [1.54, 1.807) is 6.92 Å². The number of rotatable bonds is 2. The molecule has 8 nitrogen and oxygen atoms in total. The van der Waals surface area contributed by atoms with Gasteiger partial charge in [0.05, 0.1) is 0 Å². The first kappa shape index (κ1) is 25.1. The predicted molar refractivity (Wildman–Crippen MR) is 121 cm³/mol. The van der Waals surface area contributed by atoms with Crippen LogP contribution >= 0.6 is 0 Å². The molecule has 0 aromatic carbocycles. The number of esters is 1. The lowest BCUT2D eigenvalue weighted by Gasteiger charge is -2.58. The third-order valence-electron chi connectivity index (χ3n) is 8.95. The van der Waals surface area contributed by atoms with Crippen molar-refractivity contribution in [2.75, 3.05) is 0 Å². The number of amides is 2. The number of urea groups is 1. The fourth-order valence-electron chi connectivity index (χ4n) is 7.48. The smallest absolute Gasteiger partial charge is 0.335 e. The number of hydrogen-bond donors (Lipinski definition) is 3. The normalized spacial score (nSPS) is 38.8. The molecule has 6 atom stereocenters. The molecule has 4 N–H and O–H groups in total. The Morgan fingerprint density at radius 2 is 1.73 bits per heavy atom. The number of allylic oxidation sites excluding steroid dienone is 4. The Labute approximate surface area is 194 Å². The molecule has 0 aromatic rings. The summed E-state index contributed by atoms with van der Waals surface area (Å²) in [5, 5.41) is 7.42. The Morgan fingerprint density at radius 3 is 2.27 bits per heavy atom. The van der Waals surface area contributed by atoms with Crippen molar-refractivity contribution >= 4 is 23.6 Å². The minimum atomic E-state index is -0.990. The largest absolute Gasteiger partial charge is 0.451 e. The zero-order valence-corrected chi connectivity index (χ0v) is 20.2. The summed E-state index contributed by atoms with van der Waals surface area (Å²) in [6, 6.07) is -0.940. The second kappa shape index (κ2) is 8.70. The van der Waals surface area contributed by atoms with Gasteiger partial charge in [-0.25, -0.2) is 10.3 Å². The number of hydroxylamine groups is 1. The van der Waals surface area contributed by atoms with Crippen LogP contribution in [0.3, 0.4) is 0 Å². The Balaban J connectivity index is 0.000000555. The number of carbonyl (C=O) groups excluding carboxylic acids is 4. The van der Waals surface area contributed by atoms with Crippen molar-refractivity contribution in [3.63, 3.8) is 0 Å². The van der Waals surface area contributed by atoms with Crippen LogP contribution in [-0.2, 0) is 19.1 Å². The number of carbonyl (C=O) groups is 4. The molecule has 0 heterocycles. The van der Waals surface area contributed by atoms with Gasteiger partial charge in [-0.15, -0.1) is 0 Å². The molecule has 0 aromatic heterocycles. The van der Waals surface area contributed by atoms with E-state index in [1.165, 1.54) is 23.6 Å². The molecular formula is C25H36N2O6. The summed E-state index contributed by atoms with van der Waals surface area (Å²) in [4.78, 5) is 46.0. The summed E-state index contributed by atoms with van der Waals surface area (Å²) in [5.41, 5.74) is 6.61. The fourth-order valence-corrected chi connectivity index (χ4v) is 7.48. The van der Waals surface area contributed by atoms with Crippen molar-refractivity contribution in [1.82, 2.24) is 5.48 Å². The van der Waals surface area contributed by atoms with E-state index >= 15 is 0 Å².